The fraction of sp³-hybridized carbons (Fsp3) is 0.818. The van der Waals surface area contributed by atoms with Gasteiger partial charge in [-0.3, -0.25) is 4.79 Å². The van der Waals surface area contributed by atoms with E-state index in [4.69, 9.17) is 5.73 Å². The fourth-order valence-corrected chi connectivity index (χ4v) is 1.24. The molecule has 0 aromatic rings. The van der Waals surface area contributed by atoms with Gasteiger partial charge in [-0.25, -0.2) is 4.79 Å². The molecule has 5 nitrogen and oxygen atoms in total. The number of hydrogen-bond donors (Lipinski definition) is 2. The number of nitrogens with two attached hydrogens (primary N) is 1. The maximum atomic E-state index is 11.6. The lowest BCUT2D eigenvalue weighted by molar-refractivity contribution is -0.146. The van der Waals surface area contributed by atoms with E-state index in [1.807, 2.05) is 20.8 Å². The number of amides is 1. The Morgan fingerprint density at radius 1 is 1.31 bits per heavy atom. The van der Waals surface area contributed by atoms with Crippen LogP contribution in [0.3, 0.4) is 0 Å². The number of nitrogens with one attached hydrogen (secondary N) is 1. The fourth-order valence-electron chi connectivity index (χ4n) is 1.24. The summed E-state index contributed by atoms with van der Waals surface area (Å²) in [6, 6.07) is -1.18. The SMILES string of the molecule is CC[C@@H](N)C(=O)N[C@H](C(=O)OC)[C@@H](C)CC. The summed E-state index contributed by atoms with van der Waals surface area (Å²) in [5.41, 5.74) is 5.58. The van der Waals surface area contributed by atoms with Crippen molar-refractivity contribution in [2.24, 2.45) is 11.7 Å². The summed E-state index contributed by atoms with van der Waals surface area (Å²) in [6.45, 7) is 5.66. The molecule has 94 valence electrons. The molecule has 0 aliphatic rings. The Labute approximate surface area is 96.7 Å². The van der Waals surface area contributed by atoms with Crippen molar-refractivity contribution in [3.63, 3.8) is 0 Å². The van der Waals surface area contributed by atoms with E-state index in [1.165, 1.54) is 7.11 Å². The molecule has 0 aliphatic carbocycles. The first-order chi connectivity index (χ1) is 7.47. The van der Waals surface area contributed by atoms with Gasteiger partial charge in [0, 0.05) is 0 Å². The predicted molar refractivity (Wildman–Crippen MR) is 61.7 cm³/mol. The molecular formula is C11H22N2O3. The zero-order valence-corrected chi connectivity index (χ0v) is 10.4. The van der Waals surface area contributed by atoms with Gasteiger partial charge in [0.05, 0.1) is 13.2 Å². The molecule has 3 atom stereocenters. The van der Waals surface area contributed by atoms with Gasteiger partial charge < -0.3 is 15.8 Å². The van der Waals surface area contributed by atoms with E-state index in [0.29, 0.717) is 6.42 Å². The van der Waals surface area contributed by atoms with E-state index in [0.717, 1.165) is 6.42 Å². The van der Waals surface area contributed by atoms with Gasteiger partial charge in [0.25, 0.3) is 0 Å². The van der Waals surface area contributed by atoms with Gasteiger partial charge in [0.2, 0.25) is 5.91 Å². The summed E-state index contributed by atoms with van der Waals surface area (Å²) in [6.07, 6.45) is 1.32. The van der Waals surface area contributed by atoms with Gasteiger partial charge in [-0.05, 0) is 12.3 Å². The third-order valence-corrected chi connectivity index (χ3v) is 2.74. The zero-order valence-electron chi connectivity index (χ0n) is 10.4. The van der Waals surface area contributed by atoms with E-state index >= 15 is 0 Å². The molecule has 0 heterocycles. The lowest BCUT2D eigenvalue weighted by Gasteiger charge is -2.23. The molecule has 0 aromatic carbocycles. The summed E-state index contributed by atoms with van der Waals surface area (Å²) in [7, 11) is 1.31. The van der Waals surface area contributed by atoms with Crippen molar-refractivity contribution in [1.29, 1.82) is 0 Å². The van der Waals surface area contributed by atoms with Crippen LogP contribution >= 0.6 is 0 Å². The van der Waals surface area contributed by atoms with Crippen LogP contribution in [0.5, 0.6) is 0 Å². The lowest BCUT2D eigenvalue weighted by atomic mass is 9.99. The highest BCUT2D eigenvalue weighted by atomic mass is 16.5. The second kappa shape index (κ2) is 7.22. The molecule has 16 heavy (non-hydrogen) atoms. The van der Waals surface area contributed by atoms with Gasteiger partial charge in [-0.1, -0.05) is 27.2 Å². The number of esters is 1. The minimum absolute atomic E-state index is 0.0282. The first-order valence-electron chi connectivity index (χ1n) is 5.61. The molecule has 3 N–H and O–H groups in total. The van der Waals surface area contributed by atoms with E-state index < -0.39 is 18.1 Å². The van der Waals surface area contributed by atoms with Gasteiger partial charge >= 0.3 is 5.97 Å². The molecular weight excluding hydrogens is 208 g/mol. The van der Waals surface area contributed by atoms with Crippen LogP contribution in [0.1, 0.15) is 33.6 Å². The average molecular weight is 230 g/mol. The molecule has 0 saturated heterocycles. The van der Waals surface area contributed by atoms with Crippen LogP contribution in [-0.4, -0.2) is 31.1 Å². The molecule has 0 aromatic heterocycles. The summed E-state index contributed by atoms with van der Waals surface area (Å²) < 4.78 is 4.66. The Morgan fingerprint density at radius 2 is 1.88 bits per heavy atom. The summed E-state index contributed by atoms with van der Waals surface area (Å²) in [5, 5.41) is 2.63. The average Bonchev–Trinajstić information content (AvgIpc) is 2.32. The van der Waals surface area contributed by atoms with Gasteiger partial charge in [0.1, 0.15) is 6.04 Å². The lowest BCUT2D eigenvalue weighted by Crippen LogP contribution is -2.51. The minimum atomic E-state index is -0.611. The highest BCUT2D eigenvalue weighted by Gasteiger charge is 2.27. The van der Waals surface area contributed by atoms with Crippen molar-refractivity contribution >= 4 is 11.9 Å². The van der Waals surface area contributed by atoms with Crippen LogP contribution in [0.2, 0.25) is 0 Å². The third kappa shape index (κ3) is 4.18. The smallest absolute Gasteiger partial charge is 0.328 e. The Morgan fingerprint density at radius 3 is 2.25 bits per heavy atom. The molecule has 0 bridgehead atoms. The first kappa shape index (κ1) is 14.9. The predicted octanol–water partition coefficient (Wildman–Crippen LogP) is 0.428. The standard InChI is InChI=1S/C11H22N2O3/c1-5-7(3)9(11(15)16-4)13-10(14)8(12)6-2/h7-9H,5-6,12H2,1-4H3,(H,13,14)/t7-,8+,9-/m0/s1. The van der Waals surface area contributed by atoms with Crippen LogP contribution in [0, 0.1) is 5.92 Å². The van der Waals surface area contributed by atoms with Crippen molar-refractivity contribution < 1.29 is 14.3 Å². The molecule has 5 heteroatoms. The third-order valence-electron chi connectivity index (χ3n) is 2.74. The molecule has 0 unspecified atom stereocenters. The van der Waals surface area contributed by atoms with Crippen molar-refractivity contribution in [3.05, 3.63) is 0 Å². The number of hydrogen-bond acceptors (Lipinski definition) is 4. The Bertz CT molecular complexity index is 243. The Kier molecular flexibility index (Phi) is 6.72. The van der Waals surface area contributed by atoms with Crippen LogP contribution in [-0.2, 0) is 14.3 Å². The van der Waals surface area contributed by atoms with Crippen molar-refractivity contribution in [2.75, 3.05) is 7.11 Å². The van der Waals surface area contributed by atoms with Gasteiger partial charge in [-0.2, -0.15) is 0 Å². The maximum Gasteiger partial charge on any atom is 0.328 e. The highest BCUT2D eigenvalue weighted by Crippen LogP contribution is 2.09. The van der Waals surface area contributed by atoms with E-state index in [9.17, 15) is 9.59 Å². The molecule has 0 fully saturated rings. The highest BCUT2D eigenvalue weighted by molar-refractivity contribution is 5.87. The summed E-state index contributed by atoms with van der Waals surface area (Å²) >= 11 is 0. The number of ether oxygens (including phenoxy) is 1. The molecule has 0 saturated carbocycles. The molecule has 0 aliphatic heterocycles. The minimum Gasteiger partial charge on any atom is -0.467 e. The second-order valence-corrected chi connectivity index (χ2v) is 3.91. The molecule has 0 radical (unpaired) electrons. The molecule has 1 amide bonds. The van der Waals surface area contributed by atoms with Crippen LogP contribution < -0.4 is 11.1 Å². The topological polar surface area (TPSA) is 81.4 Å². The summed E-state index contributed by atoms with van der Waals surface area (Å²) in [5.74, 6) is -0.704. The van der Waals surface area contributed by atoms with Gasteiger partial charge in [0.15, 0.2) is 0 Å². The number of methoxy groups -OCH3 is 1. The van der Waals surface area contributed by atoms with Crippen molar-refractivity contribution in [1.82, 2.24) is 5.32 Å². The van der Waals surface area contributed by atoms with Crippen molar-refractivity contribution in [3.8, 4) is 0 Å². The summed E-state index contributed by atoms with van der Waals surface area (Å²) in [4.78, 5) is 23.1. The quantitative estimate of drug-likeness (QED) is 0.648. The van der Waals surface area contributed by atoms with E-state index in [2.05, 4.69) is 10.1 Å². The van der Waals surface area contributed by atoms with Crippen molar-refractivity contribution in [2.45, 2.75) is 45.7 Å². The first-order valence-corrected chi connectivity index (χ1v) is 5.61. The zero-order chi connectivity index (χ0) is 12.7. The normalized spacial score (nSPS) is 16.1. The molecule has 0 rings (SSSR count). The van der Waals surface area contributed by atoms with E-state index in [-0.39, 0.29) is 11.8 Å². The second-order valence-electron chi connectivity index (χ2n) is 3.91. The number of carbonyl (C=O) groups is 2. The van der Waals surface area contributed by atoms with Gasteiger partial charge in [-0.15, -0.1) is 0 Å². The maximum absolute atomic E-state index is 11.6. The van der Waals surface area contributed by atoms with E-state index in [1.54, 1.807) is 0 Å². The van der Waals surface area contributed by atoms with Crippen LogP contribution in [0.4, 0.5) is 0 Å². The Hall–Kier alpha value is -1.10. The van der Waals surface area contributed by atoms with Crippen LogP contribution in [0.15, 0.2) is 0 Å². The molecule has 0 spiro atoms. The Balaban J connectivity index is 4.55. The van der Waals surface area contributed by atoms with Crippen LogP contribution in [0.25, 0.3) is 0 Å². The number of carbonyl (C=O) groups excluding carboxylic acids is 2. The largest absolute Gasteiger partial charge is 0.467 e. The monoisotopic (exact) mass is 230 g/mol. The number of rotatable bonds is 6.